The molecule has 0 aliphatic carbocycles. The van der Waals surface area contributed by atoms with E-state index in [-0.39, 0.29) is 0 Å². The van der Waals surface area contributed by atoms with E-state index >= 15 is 0 Å². The molecular weight excluding hydrogens is 536 g/mol. The molecule has 204 valence electrons. The van der Waals surface area contributed by atoms with Crippen LogP contribution in [0, 0.1) is 0 Å². The van der Waals surface area contributed by atoms with E-state index < -0.39 is 42.8 Å². The Labute approximate surface area is 229 Å². The van der Waals surface area contributed by atoms with Crippen LogP contribution in [-0.2, 0) is 31.1 Å². The third-order valence-corrected chi connectivity index (χ3v) is 8.81. The molecule has 0 fully saturated rings. The van der Waals surface area contributed by atoms with E-state index in [9.17, 15) is 25.9 Å². The van der Waals surface area contributed by atoms with E-state index in [4.69, 9.17) is 0 Å². The predicted octanol–water partition coefficient (Wildman–Crippen LogP) is 5.14. The molecule has 3 aromatic carbocycles. The number of anilines is 1. The van der Waals surface area contributed by atoms with Gasteiger partial charge in [-0.05, 0) is 48.4 Å². The van der Waals surface area contributed by atoms with Crippen LogP contribution < -0.4 is 4.90 Å². The first-order valence-electron chi connectivity index (χ1n) is 12.4. The van der Waals surface area contributed by atoms with Gasteiger partial charge in [0.05, 0.1) is 5.41 Å². The molecule has 0 unspecified atom stereocenters. The third-order valence-electron chi connectivity index (χ3n) is 7.65. The smallest absolute Gasteiger partial charge is 0.326 e. The van der Waals surface area contributed by atoms with E-state index in [1.165, 1.54) is 0 Å². The first kappa shape index (κ1) is 27.3. The largest absolute Gasteiger partial charge is 0.327 e. The van der Waals surface area contributed by atoms with Crippen molar-refractivity contribution in [1.29, 1.82) is 0 Å². The summed E-state index contributed by atoms with van der Waals surface area (Å²) >= 11 is 0. The summed E-state index contributed by atoms with van der Waals surface area (Å²) in [5.41, 5.74) is 3.43. The summed E-state index contributed by atoms with van der Waals surface area (Å²) in [5.74, 6) is -1.20. The zero-order chi connectivity index (χ0) is 28.4. The fourth-order valence-corrected chi connectivity index (χ4v) is 7.22. The summed E-state index contributed by atoms with van der Waals surface area (Å²) in [6, 6.07) is 19.1. The molecule has 0 amide bonds. The maximum Gasteiger partial charge on any atom is 0.326 e. The lowest BCUT2D eigenvalue weighted by molar-refractivity contribution is -0.415. The zero-order valence-corrected chi connectivity index (χ0v) is 23.8. The first-order valence-corrected chi connectivity index (χ1v) is 15.7. The van der Waals surface area contributed by atoms with Crippen molar-refractivity contribution < 1.29 is 30.5 Å². The molecule has 0 atom stereocenters. The second-order valence-corrected chi connectivity index (χ2v) is 13.9. The molecule has 0 saturated carbocycles. The van der Waals surface area contributed by atoms with Crippen LogP contribution in [0.15, 0.2) is 84.6 Å². The van der Waals surface area contributed by atoms with E-state index in [1.807, 2.05) is 88.4 Å². The average molecular weight is 568 g/mol. The van der Waals surface area contributed by atoms with Crippen LogP contribution in [0.2, 0.25) is 0 Å². The number of benzene rings is 3. The Hall–Kier alpha value is -3.31. The van der Waals surface area contributed by atoms with Gasteiger partial charge in [-0.3, -0.25) is 9.11 Å². The number of para-hydroxylation sites is 1. The number of rotatable bonds is 6. The molecule has 0 saturated heterocycles. The summed E-state index contributed by atoms with van der Waals surface area (Å²) in [6.45, 7) is 7.98. The van der Waals surface area contributed by atoms with Crippen molar-refractivity contribution in [2.75, 3.05) is 16.7 Å². The minimum atomic E-state index is -4.36. The van der Waals surface area contributed by atoms with Gasteiger partial charge in [0.25, 0.3) is 16.0 Å². The first-order chi connectivity index (χ1) is 18.1. The lowest BCUT2D eigenvalue weighted by Crippen LogP contribution is -2.31. The predicted molar refractivity (Wildman–Crippen MR) is 154 cm³/mol. The van der Waals surface area contributed by atoms with Gasteiger partial charge in [-0.2, -0.15) is 21.4 Å². The minimum absolute atomic E-state index is 0.561. The lowest BCUT2D eigenvalue weighted by atomic mass is 9.79. The van der Waals surface area contributed by atoms with E-state index in [2.05, 4.69) is 0 Å². The van der Waals surface area contributed by atoms with Crippen LogP contribution in [0.1, 0.15) is 38.8 Å². The minimum Gasteiger partial charge on any atom is -0.327 e. The third kappa shape index (κ3) is 4.82. The maximum atomic E-state index is 12.1. The molecule has 2 aliphatic rings. The quantitative estimate of drug-likeness (QED) is 0.313. The Bertz CT molecular complexity index is 1820. The van der Waals surface area contributed by atoms with E-state index in [1.54, 1.807) is 27.7 Å². The van der Waals surface area contributed by atoms with Crippen LogP contribution >= 0.6 is 0 Å². The molecule has 0 radical (unpaired) electrons. The highest BCUT2D eigenvalue weighted by Crippen LogP contribution is 2.48. The molecule has 39 heavy (non-hydrogen) atoms. The van der Waals surface area contributed by atoms with Crippen molar-refractivity contribution in [3.8, 4) is 0 Å². The highest BCUT2D eigenvalue weighted by molar-refractivity contribution is 7.86. The van der Waals surface area contributed by atoms with Crippen LogP contribution in [-0.4, -0.2) is 48.0 Å². The topological polar surface area (TPSA) is 115 Å². The fraction of sp³-hybridized carbons (Fsp3) is 0.276. The number of hydrogen-bond donors (Lipinski definition) is 2. The zero-order valence-electron chi connectivity index (χ0n) is 22.2. The SMILES string of the molecule is CC1(C)C(=CC=CC2=[N+](CS(=O)(=O)O)c3ccc4ccccc4c3C2(C)C)N(CS(=O)(=O)O)c2ccccc21. The van der Waals surface area contributed by atoms with Gasteiger partial charge in [0.15, 0.2) is 11.6 Å². The summed E-state index contributed by atoms with van der Waals surface area (Å²) < 4.78 is 69.0. The Kier molecular flexibility index (Phi) is 6.38. The molecule has 2 heterocycles. The van der Waals surface area contributed by atoms with Gasteiger partial charge in [-0.15, -0.1) is 0 Å². The molecule has 5 rings (SSSR count). The number of nitrogens with zero attached hydrogens (tertiary/aromatic N) is 2. The summed E-state index contributed by atoms with van der Waals surface area (Å²) in [5, 5.41) is 2.02. The highest BCUT2D eigenvalue weighted by atomic mass is 32.2. The Morgan fingerprint density at radius 3 is 2.21 bits per heavy atom. The Balaban J connectivity index is 1.65. The monoisotopic (exact) mass is 567 g/mol. The van der Waals surface area contributed by atoms with Gasteiger partial charge in [-0.25, -0.2) is 0 Å². The molecule has 10 heteroatoms. The maximum absolute atomic E-state index is 12.1. The standard InChI is InChI=1S/C29H30N2O6S2/c1-28(2)22-12-7-8-13-23(22)30(18-38(32,33)34)25(28)14-9-15-26-29(3,4)27-21-11-6-5-10-20(21)16-17-24(27)31(26)19-39(35,36)37/h5-17H,18-19H2,1-4H3,(H-,32,33,34,35,36,37)/p+1. The molecule has 3 aromatic rings. The number of hydrogen-bond acceptors (Lipinski definition) is 5. The molecule has 0 spiro atoms. The average Bonchev–Trinajstić information content (AvgIpc) is 3.17. The van der Waals surface area contributed by atoms with Gasteiger partial charge in [0.2, 0.25) is 5.69 Å². The normalized spacial score (nSPS) is 19.3. The summed E-state index contributed by atoms with van der Waals surface area (Å²) in [6.07, 6.45) is 5.36. The summed E-state index contributed by atoms with van der Waals surface area (Å²) in [4.78, 5) is 1.58. The van der Waals surface area contributed by atoms with Crippen molar-refractivity contribution >= 4 is 48.1 Å². The fourth-order valence-electron chi connectivity index (χ4n) is 6.01. The van der Waals surface area contributed by atoms with Gasteiger partial charge in [0.1, 0.15) is 0 Å². The van der Waals surface area contributed by atoms with Crippen molar-refractivity contribution in [3.63, 3.8) is 0 Å². The van der Waals surface area contributed by atoms with Gasteiger partial charge in [-0.1, -0.05) is 62.4 Å². The number of fused-ring (bicyclic) bond motifs is 4. The van der Waals surface area contributed by atoms with Crippen molar-refractivity contribution in [1.82, 2.24) is 0 Å². The summed E-state index contributed by atoms with van der Waals surface area (Å²) in [7, 11) is -8.68. The lowest BCUT2D eigenvalue weighted by Gasteiger charge is -2.25. The van der Waals surface area contributed by atoms with Crippen molar-refractivity contribution in [2.24, 2.45) is 0 Å². The van der Waals surface area contributed by atoms with E-state index in [0.29, 0.717) is 22.8 Å². The second kappa shape index (κ2) is 9.12. The highest BCUT2D eigenvalue weighted by Gasteiger charge is 2.47. The van der Waals surface area contributed by atoms with Crippen LogP contribution in [0.4, 0.5) is 11.4 Å². The molecular formula is C29H31N2O6S2+. The van der Waals surface area contributed by atoms with E-state index in [0.717, 1.165) is 21.9 Å². The van der Waals surface area contributed by atoms with Crippen molar-refractivity contribution in [3.05, 3.63) is 95.7 Å². The van der Waals surface area contributed by atoms with Crippen LogP contribution in [0.3, 0.4) is 0 Å². The molecule has 0 bridgehead atoms. The van der Waals surface area contributed by atoms with Crippen LogP contribution in [0.25, 0.3) is 10.8 Å². The van der Waals surface area contributed by atoms with Gasteiger partial charge >= 0.3 is 10.1 Å². The molecule has 8 nitrogen and oxygen atoms in total. The second-order valence-electron chi connectivity index (χ2n) is 11.0. The Morgan fingerprint density at radius 2 is 1.51 bits per heavy atom. The Morgan fingerprint density at radius 1 is 0.846 bits per heavy atom. The molecule has 2 N–H and O–H groups in total. The number of allylic oxidation sites excluding steroid dienone is 4. The van der Waals surface area contributed by atoms with Gasteiger partial charge < -0.3 is 4.90 Å². The van der Waals surface area contributed by atoms with Crippen LogP contribution in [0.5, 0.6) is 0 Å². The van der Waals surface area contributed by atoms with Gasteiger partial charge in [0, 0.05) is 34.5 Å². The molecule has 0 aromatic heterocycles. The molecule has 2 aliphatic heterocycles. The van der Waals surface area contributed by atoms with Crippen molar-refractivity contribution in [2.45, 2.75) is 38.5 Å².